The predicted molar refractivity (Wildman–Crippen MR) is 181 cm³/mol. The summed E-state index contributed by atoms with van der Waals surface area (Å²) in [7, 11) is -2.18. The van der Waals surface area contributed by atoms with Crippen molar-refractivity contribution in [2.45, 2.75) is 141 Å². The molecule has 0 bridgehead atoms. The molecule has 0 N–H and O–H groups in total. The molecule has 6 rings (SSSR count). The number of aromatic nitrogens is 1. The van der Waals surface area contributed by atoms with Crippen LogP contribution in [0.4, 0.5) is 0 Å². The van der Waals surface area contributed by atoms with Gasteiger partial charge in [-0.2, -0.15) is 4.73 Å². The van der Waals surface area contributed by atoms with Crippen LogP contribution in [0.25, 0.3) is 0 Å². The Morgan fingerprint density at radius 3 is 2.07 bits per heavy atom. The van der Waals surface area contributed by atoms with Gasteiger partial charge in [0, 0.05) is 57.2 Å². The van der Waals surface area contributed by atoms with Crippen molar-refractivity contribution in [2.24, 2.45) is 5.41 Å². The Morgan fingerprint density at radius 1 is 0.889 bits per heavy atom. The average molecular weight is 636 g/mol. The van der Waals surface area contributed by atoms with Crippen molar-refractivity contribution >= 4 is 8.32 Å². The third-order valence-electron chi connectivity index (χ3n) is 11.6. The third-order valence-corrected chi connectivity index (χ3v) is 16.1. The molecule has 2 atom stereocenters. The standard InChI is InChI=1S/C38H57NO5Si/c1-35(2,3)27-13-11-26(12-14-27)34-31-32(38(43-34)17-21-42-22-18-38)30-28(39(40)33(31)25-15-19-41-20-16-25)23-37(7,8)24-29(30)44-45(9,10)36(4,5)6/h11-14,25,29,34H,15-24H2,1-10H3. The van der Waals surface area contributed by atoms with Crippen LogP contribution in [0.1, 0.15) is 145 Å². The lowest BCUT2D eigenvalue weighted by molar-refractivity contribution is -0.627. The van der Waals surface area contributed by atoms with Gasteiger partial charge in [-0.1, -0.05) is 79.7 Å². The zero-order chi connectivity index (χ0) is 32.6. The predicted octanol–water partition coefficient (Wildman–Crippen LogP) is 8.67. The largest absolute Gasteiger partial charge is 0.618 e. The van der Waals surface area contributed by atoms with Crippen molar-refractivity contribution in [3.8, 4) is 0 Å². The summed E-state index contributed by atoms with van der Waals surface area (Å²) in [5, 5.41) is 15.1. The molecule has 2 aromatic rings. The molecule has 0 radical (unpaired) electrons. The first-order valence-electron chi connectivity index (χ1n) is 17.4. The molecular weight excluding hydrogens is 579 g/mol. The van der Waals surface area contributed by atoms with Gasteiger partial charge in [-0.05, 0) is 59.4 Å². The lowest BCUT2D eigenvalue weighted by Crippen LogP contribution is -2.50. The minimum atomic E-state index is -2.18. The van der Waals surface area contributed by atoms with Crippen molar-refractivity contribution in [3.05, 3.63) is 68.7 Å². The first-order chi connectivity index (χ1) is 20.9. The van der Waals surface area contributed by atoms with Crippen LogP contribution in [-0.2, 0) is 36.1 Å². The van der Waals surface area contributed by atoms with Crippen LogP contribution in [0.2, 0.25) is 18.1 Å². The molecule has 4 heterocycles. The van der Waals surface area contributed by atoms with Crippen LogP contribution in [0.5, 0.6) is 0 Å². The third kappa shape index (κ3) is 5.94. The van der Waals surface area contributed by atoms with Gasteiger partial charge < -0.3 is 23.8 Å². The van der Waals surface area contributed by atoms with Gasteiger partial charge in [0.15, 0.2) is 14.0 Å². The molecule has 45 heavy (non-hydrogen) atoms. The number of fused-ring (bicyclic) bond motifs is 4. The highest BCUT2D eigenvalue weighted by Crippen LogP contribution is 2.59. The van der Waals surface area contributed by atoms with E-state index in [2.05, 4.69) is 92.7 Å². The summed E-state index contributed by atoms with van der Waals surface area (Å²) in [6, 6.07) is 8.97. The maximum absolute atomic E-state index is 15.1. The van der Waals surface area contributed by atoms with Gasteiger partial charge in [-0.25, -0.2) is 0 Å². The van der Waals surface area contributed by atoms with E-state index in [0.717, 1.165) is 66.6 Å². The second kappa shape index (κ2) is 11.4. The fourth-order valence-corrected chi connectivity index (χ4v) is 9.24. The first kappa shape index (κ1) is 33.1. The summed E-state index contributed by atoms with van der Waals surface area (Å²) in [5.74, 6) is 0.134. The Labute approximate surface area is 272 Å². The molecule has 6 nitrogen and oxygen atoms in total. The number of hydrogen-bond donors (Lipinski definition) is 0. The molecule has 0 saturated carbocycles. The minimum absolute atomic E-state index is 0.0532. The van der Waals surface area contributed by atoms with Crippen molar-refractivity contribution in [3.63, 3.8) is 0 Å². The molecular formula is C38H57NO5Si. The highest BCUT2D eigenvalue weighted by atomic mass is 28.4. The molecule has 2 saturated heterocycles. The summed E-state index contributed by atoms with van der Waals surface area (Å²) >= 11 is 0. The van der Waals surface area contributed by atoms with Crippen molar-refractivity contribution in [1.29, 1.82) is 0 Å². The Bertz CT molecular complexity index is 1410. The van der Waals surface area contributed by atoms with Crippen LogP contribution in [0.15, 0.2) is 24.3 Å². The van der Waals surface area contributed by atoms with Gasteiger partial charge in [0.05, 0.1) is 22.8 Å². The lowest BCUT2D eigenvalue weighted by atomic mass is 9.69. The monoisotopic (exact) mass is 635 g/mol. The molecule has 1 aromatic carbocycles. The summed E-state index contributed by atoms with van der Waals surface area (Å²) in [4.78, 5) is 0. The van der Waals surface area contributed by atoms with E-state index in [1.165, 1.54) is 15.9 Å². The quantitative estimate of drug-likeness (QED) is 0.191. The fourth-order valence-electron chi connectivity index (χ4n) is 7.98. The van der Waals surface area contributed by atoms with Crippen LogP contribution in [-0.4, -0.2) is 34.7 Å². The van der Waals surface area contributed by atoms with E-state index >= 15 is 5.21 Å². The minimum Gasteiger partial charge on any atom is -0.618 e. The molecule has 1 aliphatic carbocycles. The van der Waals surface area contributed by atoms with E-state index in [1.54, 1.807) is 0 Å². The van der Waals surface area contributed by atoms with E-state index in [9.17, 15) is 0 Å². The summed E-state index contributed by atoms with van der Waals surface area (Å²) < 4.78 is 28.0. The summed E-state index contributed by atoms with van der Waals surface area (Å²) in [5.41, 5.74) is 7.26. The van der Waals surface area contributed by atoms with Gasteiger partial charge in [0.2, 0.25) is 5.69 Å². The molecule has 1 spiro atoms. The zero-order valence-corrected chi connectivity index (χ0v) is 30.6. The summed E-state index contributed by atoms with van der Waals surface area (Å²) in [6.07, 6.45) is 4.47. The molecule has 7 heteroatoms. The molecule has 4 aliphatic rings. The van der Waals surface area contributed by atoms with Gasteiger partial charge in [-0.15, -0.1) is 0 Å². The highest BCUT2D eigenvalue weighted by molar-refractivity contribution is 6.74. The Balaban J connectivity index is 1.64. The van der Waals surface area contributed by atoms with Crippen molar-refractivity contribution < 1.29 is 23.4 Å². The number of pyridine rings is 1. The number of rotatable bonds is 4. The number of hydrogen-bond acceptors (Lipinski definition) is 5. The maximum atomic E-state index is 15.1. The SMILES string of the molecule is CC1(C)Cc2c(c3c(c(C4CCOCC4)[n+]2[O-])C(c2ccc(C(C)(C)C)cc2)OC32CCOCC2)C(O[Si](C)(C)C(C)(C)C)C1. The van der Waals surface area contributed by atoms with Gasteiger partial charge >= 0.3 is 0 Å². The van der Waals surface area contributed by atoms with Crippen LogP contribution < -0.4 is 4.73 Å². The van der Waals surface area contributed by atoms with Crippen LogP contribution in [0.3, 0.4) is 0 Å². The Morgan fingerprint density at radius 2 is 1.49 bits per heavy atom. The van der Waals surface area contributed by atoms with Gasteiger partial charge in [0.1, 0.15) is 6.10 Å². The van der Waals surface area contributed by atoms with E-state index in [0.29, 0.717) is 26.4 Å². The van der Waals surface area contributed by atoms with E-state index in [1.807, 2.05) is 0 Å². The molecule has 2 fully saturated rings. The fraction of sp³-hybridized carbons (Fsp3) is 0.711. The molecule has 2 unspecified atom stereocenters. The topological polar surface area (TPSA) is 63.9 Å². The molecule has 248 valence electrons. The lowest BCUT2D eigenvalue weighted by Gasteiger charge is -2.45. The second-order valence-corrected chi connectivity index (χ2v) is 22.4. The molecule has 3 aliphatic heterocycles. The highest BCUT2D eigenvalue weighted by Gasteiger charge is 2.56. The smallest absolute Gasteiger partial charge is 0.202 e. The van der Waals surface area contributed by atoms with Crippen LogP contribution in [0, 0.1) is 10.6 Å². The number of benzene rings is 1. The molecule has 1 aromatic heterocycles. The second-order valence-electron chi connectivity index (χ2n) is 17.6. The van der Waals surface area contributed by atoms with E-state index < -0.39 is 13.9 Å². The number of ether oxygens (including phenoxy) is 3. The zero-order valence-electron chi connectivity index (χ0n) is 29.6. The first-order valence-corrected chi connectivity index (χ1v) is 20.3. The van der Waals surface area contributed by atoms with E-state index in [4.69, 9.17) is 18.6 Å². The van der Waals surface area contributed by atoms with E-state index in [-0.39, 0.29) is 34.0 Å². The Kier molecular flexibility index (Phi) is 8.42. The summed E-state index contributed by atoms with van der Waals surface area (Å²) in [6.45, 7) is 25.6. The number of nitrogens with zero attached hydrogens (tertiary/aromatic N) is 1. The van der Waals surface area contributed by atoms with Gasteiger partial charge in [0.25, 0.3) is 0 Å². The molecule has 0 amide bonds. The Hall–Kier alpha value is -1.77. The van der Waals surface area contributed by atoms with Crippen molar-refractivity contribution in [2.75, 3.05) is 26.4 Å². The van der Waals surface area contributed by atoms with Gasteiger partial charge in [-0.3, -0.25) is 0 Å². The van der Waals surface area contributed by atoms with Crippen molar-refractivity contribution in [1.82, 2.24) is 0 Å². The van der Waals surface area contributed by atoms with Crippen LogP contribution >= 0.6 is 0 Å². The maximum Gasteiger partial charge on any atom is 0.202 e. The normalized spacial score (nSPS) is 25.3. The average Bonchev–Trinajstić information content (AvgIpc) is 3.26.